The summed E-state index contributed by atoms with van der Waals surface area (Å²) in [4.78, 5) is 12.4. The Bertz CT molecular complexity index is 1030. The molecule has 29 heavy (non-hydrogen) atoms. The van der Waals surface area contributed by atoms with E-state index in [2.05, 4.69) is 5.32 Å². The van der Waals surface area contributed by atoms with E-state index in [1.165, 1.54) is 29.6 Å². The quantitative estimate of drug-likeness (QED) is 0.793. The van der Waals surface area contributed by atoms with Gasteiger partial charge >= 0.3 is 0 Å². The molecule has 0 bridgehead atoms. The Morgan fingerprint density at radius 3 is 2.59 bits per heavy atom. The van der Waals surface area contributed by atoms with Crippen LogP contribution < -0.4 is 10.1 Å². The van der Waals surface area contributed by atoms with Crippen molar-refractivity contribution in [2.45, 2.75) is 37.1 Å². The smallest absolute Gasteiger partial charge is 0.255 e. The number of piperidine rings is 1. The molecular weight excluding hydrogens is 402 g/mol. The monoisotopic (exact) mass is 424 g/mol. The third-order valence-electron chi connectivity index (χ3n) is 4.93. The maximum absolute atomic E-state index is 13.8. The minimum absolute atomic E-state index is 0.0118. The highest BCUT2D eigenvalue weighted by Crippen LogP contribution is 2.32. The van der Waals surface area contributed by atoms with Gasteiger partial charge in [-0.2, -0.15) is 4.31 Å². The molecule has 156 valence electrons. The summed E-state index contributed by atoms with van der Waals surface area (Å²) in [5.41, 5.74) is -0.195. The zero-order chi connectivity index (χ0) is 21.2. The van der Waals surface area contributed by atoms with Crippen molar-refractivity contribution in [1.29, 1.82) is 0 Å². The Kier molecular flexibility index (Phi) is 6.18. The van der Waals surface area contributed by atoms with E-state index in [4.69, 9.17) is 4.74 Å². The number of carbonyl (C=O) groups excluding carboxylic acids is 1. The molecule has 0 aliphatic carbocycles. The van der Waals surface area contributed by atoms with E-state index >= 15 is 0 Å². The number of methoxy groups -OCH3 is 1. The van der Waals surface area contributed by atoms with Crippen LogP contribution in [0, 0.1) is 11.6 Å². The third kappa shape index (κ3) is 4.40. The Balaban J connectivity index is 1.95. The maximum Gasteiger partial charge on any atom is 0.255 e. The van der Waals surface area contributed by atoms with Crippen LogP contribution >= 0.6 is 0 Å². The fourth-order valence-corrected chi connectivity index (χ4v) is 5.24. The van der Waals surface area contributed by atoms with Crippen molar-refractivity contribution >= 4 is 21.6 Å². The lowest BCUT2D eigenvalue weighted by atomic mass is 10.1. The van der Waals surface area contributed by atoms with Gasteiger partial charge in [-0.25, -0.2) is 17.2 Å². The molecule has 0 saturated carbocycles. The van der Waals surface area contributed by atoms with Crippen molar-refractivity contribution in [2.75, 3.05) is 19.0 Å². The average Bonchev–Trinajstić information content (AvgIpc) is 2.69. The molecule has 0 unspecified atom stereocenters. The van der Waals surface area contributed by atoms with E-state index < -0.39 is 27.6 Å². The van der Waals surface area contributed by atoms with E-state index in [0.29, 0.717) is 12.6 Å². The van der Waals surface area contributed by atoms with Crippen LogP contribution in [0.1, 0.15) is 36.5 Å². The Labute approximate surface area is 168 Å². The highest BCUT2D eigenvalue weighted by Gasteiger charge is 2.33. The van der Waals surface area contributed by atoms with Crippen LogP contribution in [0.15, 0.2) is 41.3 Å². The average molecular weight is 424 g/mol. The first-order valence-corrected chi connectivity index (χ1v) is 10.6. The lowest BCUT2D eigenvalue weighted by Crippen LogP contribution is -2.42. The number of halogens is 2. The van der Waals surface area contributed by atoms with Crippen LogP contribution in [-0.2, 0) is 10.0 Å². The van der Waals surface area contributed by atoms with E-state index in [0.717, 1.165) is 31.4 Å². The van der Waals surface area contributed by atoms with Crippen LogP contribution in [0.2, 0.25) is 0 Å². The summed E-state index contributed by atoms with van der Waals surface area (Å²) in [6.45, 7) is 2.24. The lowest BCUT2D eigenvalue weighted by Gasteiger charge is -2.32. The van der Waals surface area contributed by atoms with Crippen LogP contribution in [0.3, 0.4) is 0 Å². The molecule has 1 N–H and O–H groups in total. The number of nitrogens with zero attached hydrogens (tertiary/aromatic N) is 1. The SMILES string of the molecule is COc1ccc(C(=O)Nc2ccc(F)cc2F)cc1S(=O)(=O)N1CCCC[C@H]1C. The summed E-state index contributed by atoms with van der Waals surface area (Å²) in [5.74, 6) is -2.30. The highest BCUT2D eigenvalue weighted by atomic mass is 32.2. The normalized spacial score (nSPS) is 17.7. The summed E-state index contributed by atoms with van der Waals surface area (Å²) in [5, 5.41) is 2.33. The van der Waals surface area contributed by atoms with E-state index in [-0.39, 0.29) is 27.9 Å². The minimum atomic E-state index is -3.89. The summed E-state index contributed by atoms with van der Waals surface area (Å²) in [7, 11) is -2.54. The van der Waals surface area contributed by atoms with Gasteiger partial charge in [0.05, 0.1) is 12.8 Å². The number of hydrogen-bond donors (Lipinski definition) is 1. The standard InChI is InChI=1S/C20H22F2N2O4S/c1-13-5-3-4-10-24(13)29(26,27)19-11-14(6-9-18(19)28-2)20(25)23-17-8-7-15(21)12-16(17)22/h6-9,11-13H,3-5,10H2,1-2H3,(H,23,25)/t13-/m1/s1. The topological polar surface area (TPSA) is 75.7 Å². The third-order valence-corrected chi connectivity index (χ3v) is 6.97. The molecule has 2 aromatic rings. The van der Waals surface area contributed by atoms with Gasteiger partial charge in [-0.3, -0.25) is 4.79 Å². The summed E-state index contributed by atoms with van der Waals surface area (Å²) >= 11 is 0. The van der Waals surface area contributed by atoms with Crippen molar-refractivity contribution in [2.24, 2.45) is 0 Å². The van der Waals surface area contributed by atoms with Gasteiger partial charge in [-0.15, -0.1) is 0 Å². The molecule has 1 aliphatic heterocycles. The number of sulfonamides is 1. The molecule has 0 spiro atoms. The van der Waals surface area contributed by atoms with Crippen LogP contribution in [0.5, 0.6) is 5.75 Å². The number of hydrogen-bond acceptors (Lipinski definition) is 4. The summed E-state index contributed by atoms with van der Waals surface area (Å²) < 4.78 is 59.9. The maximum atomic E-state index is 13.8. The Morgan fingerprint density at radius 2 is 1.93 bits per heavy atom. The predicted octanol–water partition coefficient (Wildman–Crippen LogP) is 3.79. The first-order valence-electron chi connectivity index (χ1n) is 9.20. The molecule has 6 nitrogen and oxygen atoms in total. The largest absolute Gasteiger partial charge is 0.495 e. The van der Waals surface area contributed by atoms with Crippen molar-refractivity contribution in [3.05, 3.63) is 53.6 Å². The zero-order valence-electron chi connectivity index (χ0n) is 16.1. The molecule has 1 aliphatic rings. The predicted molar refractivity (Wildman–Crippen MR) is 105 cm³/mol. The number of rotatable bonds is 5. The zero-order valence-corrected chi connectivity index (χ0v) is 16.9. The van der Waals surface area contributed by atoms with Crippen molar-refractivity contribution in [3.63, 3.8) is 0 Å². The molecule has 1 saturated heterocycles. The highest BCUT2D eigenvalue weighted by molar-refractivity contribution is 7.89. The van der Waals surface area contributed by atoms with Crippen molar-refractivity contribution < 1.29 is 26.7 Å². The molecule has 1 amide bonds. The fraction of sp³-hybridized carbons (Fsp3) is 0.350. The summed E-state index contributed by atoms with van der Waals surface area (Å²) in [6.07, 6.45) is 2.47. The van der Waals surface area contributed by atoms with Gasteiger partial charge < -0.3 is 10.1 Å². The molecule has 1 atom stereocenters. The second kappa shape index (κ2) is 8.46. The van der Waals surface area contributed by atoms with Gasteiger partial charge in [0.15, 0.2) is 0 Å². The lowest BCUT2D eigenvalue weighted by molar-refractivity contribution is 0.102. The molecule has 1 fully saturated rings. The number of ether oxygens (including phenoxy) is 1. The molecular formula is C20H22F2N2O4S. The minimum Gasteiger partial charge on any atom is -0.495 e. The van der Waals surface area contributed by atoms with Gasteiger partial charge in [-0.05, 0) is 50.1 Å². The molecule has 1 heterocycles. The fourth-order valence-electron chi connectivity index (χ4n) is 3.36. The van der Waals surface area contributed by atoms with Crippen molar-refractivity contribution in [3.8, 4) is 5.75 Å². The second-order valence-corrected chi connectivity index (χ2v) is 8.76. The second-order valence-electron chi connectivity index (χ2n) is 6.90. The molecule has 3 rings (SSSR count). The van der Waals surface area contributed by atoms with Crippen LogP contribution in [0.4, 0.5) is 14.5 Å². The summed E-state index contributed by atoms with van der Waals surface area (Å²) in [6, 6.07) is 6.58. The number of benzene rings is 2. The van der Waals surface area contributed by atoms with Crippen LogP contribution in [0.25, 0.3) is 0 Å². The molecule has 2 aromatic carbocycles. The van der Waals surface area contributed by atoms with E-state index in [1.54, 1.807) is 0 Å². The molecule has 0 radical (unpaired) electrons. The van der Waals surface area contributed by atoms with Gasteiger partial charge in [-0.1, -0.05) is 6.42 Å². The van der Waals surface area contributed by atoms with Gasteiger partial charge in [0.1, 0.15) is 22.3 Å². The van der Waals surface area contributed by atoms with Gasteiger partial charge in [0.2, 0.25) is 10.0 Å². The number of anilines is 1. The van der Waals surface area contributed by atoms with E-state index in [9.17, 15) is 22.0 Å². The Hall–Kier alpha value is -2.52. The first-order chi connectivity index (χ1) is 13.7. The number of carbonyl (C=O) groups is 1. The molecule has 9 heteroatoms. The Morgan fingerprint density at radius 1 is 1.17 bits per heavy atom. The van der Waals surface area contributed by atoms with E-state index in [1.807, 2.05) is 6.92 Å². The van der Waals surface area contributed by atoms with Gasteiger partial charge in [0.25, 0.3) is 5.91 Å². The van der Waals surface area contributed by atoms with Crippen molar-refractivity contribution in [1.82, 2.24) is 4.31 Å². The molecule has 0 aromatic heterocycles. The van der Waals surface area contributed by atoms with Gasteiger partial charge in [0, 0.05) is 24.2 Å². The first kappa shape index (κ1) is 21.2. The number of amides is 1. The van der Waals surface area contributed by atoms with Crippen LogP contribution in [-0.4, -0.2) is 38.3 Å². The number of nitrogens with one attached hydrogen (secondary N) is 1.